The topological polar surface area (TPSA) is 70.6 Å². The van der Waals surface area contributed by atoms with Crippen LogP contribution in [-0.2, 0) is 22.2 Å². The molecule has 0 radical (unpaired) electrons. The summed E-state index contributed by atoms with van der Waals surface area (Å²) < 4.78 is 24.8. The molecule has 0 saturated carbocycles. The highest BCUT2D eigenvalue weighted by atomic mass is 35.5. The Kier molecular flexibility index (Phi) is 4.44. The highest BCUT2D eigenvalue weighted by Gasteiger charge is 2.13. The van der Waals surface area contributed by atoms with Gasteiger partial charge in [0.1, 0.15) is 5.84 Å². The zero-order valence-corrected chi connectivity index (χ0v) is 12.2. The van der Waals surface area contributed by atoms with Gasteiger partial charge in [-0.05, 0) is 35.4 Å². The molecule has 0 aromatic heterocycles. The van der Waals surface area contributed by atoms with Gasteiger partial charge in [0.05, 0.1) is 12.3 Å². The number of aryl methyl sites for hydroxylation is 1. The molecular weight excluding hydrogens is 286 g/mol. The van der Waals surface area contributed by atoms with Crippen LogP contribution < -0.4 is 9.56 Å². The maximum absolute atomic E-state index is 11.5. The lowest BCUT2D eigenvalue weighted by Crippen LogP contribution is -2.21. The summed E-state index contributed by atoms with van der Waals surface area (Å²) in [5.74, 6) is 0.837. The highest BCUT2D eigenvalue weighted by molar-refractivity contribution is 7.89. The number of halogens is 1. The zero-order chi connectivity index (χ0) is 13.9. The van der Waals surface area contributed by atoms with Gasteiger partial charge in [-0.1, -0.05) is 18.2 Å². The van der Waals surface area contributed by atoms with Crippen molar-refractivity contribution in [1.82, 2.24) is 9.56 Å². The summed E-state index contributed by atoms with van der Waals surface area (Å²) in [6.07, 6.45) is 0.696. The van der Waals surface area contributed by atoms with E-state index in [4.69, 9.17) is 11.8 Å². The molecule has 0 aliphatic carbocycles. The molecule has 0 bridgehead atoms. The van der Waals surface area contributed by atoms with E-state index in [2.05, 4.69) is 10.3 Å². The molecule has 5 nitrogen and oxygen atoms in total. The van der Waals surface area contributed by atoms with Gasteiger partial charge in [0, 0.05) is 13.0 Å². The second kappa shape index (κ2) is 5.90. The maximum Gasteiger partial charge on any atom is 0.229 e. The van der Waals surface area contributed by atoms with E-state index in [9.17, 15) is 8.42 Å². The number of rotatable bonds is 5. The predicted octanol–water partition coefficient (Wildman–Crippen LogP) is 1.11. The van der Waals surface area contributed by atoms with Gasteiger partial charge in [-0.15, -0.1) is 4.24 Å². The van der Waals surface area contributed by atoms with Crippen LogP contribution in [0.1, 0.15) is 16.7 Å². The van der Waals surface area contributed by atoms with Gasteiger partial charge in [0.25, 0.3) is 0 Å². The Morgan fingerprint density at radius 2 is 2.26 bits per heavy atom. The number of aliphatic imine (C=N–C) groups is 1. The first-order valence-corrected chi connectivity index (χ1v) is 7.99. The Morgan fingerprint density at radius 1 is 1.47 bits per heavy atom. The molecule has 1 aliphatic rings. The summed E-state index contributed by atoms with van der Waals surface area (Å²) >= 11 is 5.21. The normalized spacial score (nSPS) is 15.2. The fraction of sp³-hybridized carbons (Fsp3) is 0.417. The molecule has 2 rings (SSSR count). The highest BCUT2D eigenvalue weighted by Crippen LogP contribution is 2.15. The van der Waals surface area contributed by atoms with Crippen LogP contribution >= 0.6 is 11.8 Å². The number of hydrogen-bond donors (Lipinski definition) is 2. The van der Waals surface area contributed by atoms with Crippen molar-refractivity contribution in [2.24, 2.45) is 4.99 Å². The fourth-order valence-electron chi connectivity index (χ4n) is 1.98. The van der Waals surface area contributed by atoms with Crippen molar-refractivity contribution in [1.29, 1.82) is 0 Å². The van der Waals surface area contributed by atoms with Crippen molar-refractivity contribution in [3.63, 3.8) is 0 Å². The third-order valence-electron chi connectivity index (χ3n) is 2.99. The molecule has 2 N–H and O–H groups in total. The van der Waals surface area contributed by atoms with Gasteiger partial charge in [-0.25, -0.2) is 8.42 Å². The molecule has 1 heterocycles. The van der Waals surface area contributed by atoms with E-state index >= 15 is 0 Å². The second-order valence-corrected chi connectivity index (χ2v) is 6.66. The summed E-state index contributed by atoms with van der Waals surface area (Å²) in [6.45, 7) is 3.56. The van der Waals surface area contributed by atoms with Gasteiger partial charge >= 0.3 is 0 Å². The Balaban J connectivity index is 2.19. The summed E-state index contributed by atoms with van der Waals surface area (Å²) in [5.41, 5.74) is 2.73. The first kappa shape index (κ1) is 14.3. The molecule has 1 aliphatic heterocycles. The maximum atomic E-state index is 11.5. The van der Waals surface area contributed by atoms with E-state index in [1.165, 1.54) is 0 Å². The molecule has 0 unspecified atom stereocenters. The van der Waals surface area contributed by atoms with Gasteiger partial charge in [0.15, 0.2) is 0 Å². The second-order valence-electron chi connectivity index (χ2n) is 4.53. The quantitative estimate of drug-likeness (QED) is 0.801. The number of nitrogens with zero attached hydrogens (tertiary/aromatic N) is 1. The average Bonchev–Trinajstić information content (AvgIpc) is 2.86. The Hall–Kier alpha value is -1.11. The minimum atomic E-state index is -3.47. The van der Waals surface area contributed by atoms with E-state index in [1.807, 2.05) is 29.4 Å². The van der Waals surface area contributed by atoms with E-state index < -0.39 is 10.0 Å². The first-order chi connectivity index (χ1) is 9.00. The summed E-state index contributed by atoms with van der Waals surface area (Å²) in [5, 5.41) is 3.20. The van der Waals surface area contributed by atoms with Crippen molar-refractivity contribution in [3.8, 4) is 0 Å². The van der Waals surface area contributed by atoms with Crippen LogP contribution in [0.5, 0.6) is 0 Å². The number of benzene rings is 1. The Labute approximate surface area is 118 Å². The molecule has 0 fully saturated rings. The van der Waals surface area contributed by atoms with Crippen molar-refractivity contribution in [2.75, 3.05) is 13.1 Å². The van der Waals surface area contributed by atoms with Crippen molar-refractivity contribution >= 4 is 27.6 Å². The minimum absolute atomic E-state index is 0.115. The molecule has 0 saturated heterocycles. The third-order valence-corrected chi connectivity index (χ3v) is 4.62. The molecular formula is C12H16ClN3O2S. The van der Waals surface area contributed by atoms with Crippen molar-refractivity contribution < 1.29 is 8.42 Å². The number of nitrogens with one attached hydrogen (secondary N) is 2. The van der Waals surface area contributed by atoms with Gasteiger partial charge in [-0.3, -0.25) is 4.99 Å². The van der Waals surface area contributed by atoms with E-state index in [0.29, 0.717) is 6.42 Å². The monoisotopic (exact) mass is 301 g/mol. The van der Waals surface area contributed by atoms with Crippen molar-refractivity contribution in [3.05, 3.63) is 34.9 Å². The lowest BCUT2D eigenvalue weighted by molar-refractivity contribution is 0.593. The summed E-state index contributed by atoms with van der Waals surface area (Å²) in [7, 11) is -3.47. The zero-order valence-electron chi connectivity index (χ0n) is 10.6. The van der Waals surface area contributed by atoms with E-state index in [0.717, 1.165) is 35.6 Å². The standard InChI is InChI=1S/C12H16ClN3O2S/c1-9-2-3-10(7-12-14-4-5-15-12)6-11(9)8-19(17,18)16-13/h2-3,6,16H,4-5,7-8H2,1H3,(H,14,15). The third kappa shape index (κ3) is 3.92. The SMILES string of the molecule is Cc1ccc(CC2=NCCN2)cc1CS(=O)(=O)NCl. The molecule has 104 valence electrons. The molecule has 1 aromatic carbocycles. The smallest absolute Gasteiger partial charge is 0.229 e. The lowest BCUT2D eigenvalue weighted by atomic mass is 10.0. The number of amidine groups is 1. The molecule has 7 heteroatoms. The largest absolute Gasteiger partial charge is 0.372 e. The Morgan fingerprint density at radius 3 is 2.89 bits per heavy atom. The van der Waals surface area contributed by atoms with Crippen LogP contribution in [0.4, 0.5) is 0 Å². The van der Waals surface area contributed by atoms with Crippen LogP contribution in [0, 0.1) is 6.92 Å². The van der Waals surface area contributed by atoms with E-state index in [1.54, 1.807) is 0 Å². The van der Waals surface area contributed by atoms with Crippen LogP contribution in [0.3, 0.4) is 0 Å². The Bertz CT molecular complexity index is 599. The first-order valence-electron chi connectivity index (χ1n) is 5.96. The number of hydrogen-bond acceptors (Lipinski definition) is 4. The molecule has 0 spiro atoms. The fourth-order valence-corrected chi connectivity index (χ4v) is 2.92. The van der Waals surface area contributed by atoms with Crippen LogP contribution in [-0.4, -0.2) is 27.3 Å². The van der Waals surface area contributed by atoms with Crippen LogP contribution in [0.2, 0.25) is 0 Å². The van der Waals surface area contributed by atoms with Gasteiger partial charge in [0.2, 0.25) is 10.0 Å². The van der Waals surface area contributed by atoms with Crippen molar-refractivity contribution in [2.45, 2.75) is 19.1 Å². The lowest BCUT2D eigenvalue weighted by Gasteiger charge is -2.09. The van der Waals surface area contributed by atoms with Crippen LogP contribution in [0.25, 0.3) is 0 Å². The van der Waals surface area contributed by atoms with E-state index in [-0.39, 0.29) is 5.75 Å². The number of sulfonamides is 1. The van der Waals surface area contributed by atoms with Crippen LogP contribution in [0.15, 0.2) is 23.2 Å². The molecule has 1 aromatic rings. The summed E-state index contributed by atoms with van der Waals surface area (Å²) in [6, 6.07) is 5.80. The minimum Gasteiger partial charge on any atom is -0.372 e. The predicted molar refractivity (Wildman–Crippen MR) is 76.8 cm³/mol. The molecule has 0 atom stereocenters. The average molecular weight is 302 g/mol. The van der Waals surface area contributed by atoms with Gasteiger partial charge in [-0.2, -0.15) is 0 Å². The van der Waals surface area contributed by atoms with Gasteiger partial charge < -0.3 is 5.32 Å². The molecule has 0 amide bonds. The molecule has 19 heavy (non-hydrogen) atoms. The summed E-state index contributed by atoms with van der Waals surface area (Å²) in [4.78, 5) is 4.33.